The summed E-state index contributed by atoms with van der Waals surface area (Å²) in [7, 11) is 3.76. The monoisotopic (exact) mass is 372 g/mol. The first kappa shape index (κ1) is 18.4. The second-order valence-corrected chi connectivity index (χ2v) is 7.86. The number of rotatable bonds is 8. The van der Waals surface area contributed by atoms with Gasteiger partial charge in [-0.1, -0.05) is 12.8 Å². The van der Waals surface area contributed by atoms with Gasteiger partial charge in [-0.2, -0.15) is 0 Å². The van der Waals surface area contributed by atoms with E-state index in [4.69, 9.17) is 14.5 Å². The predicted molar refractivity (Wildman–Crippen MR) is 109 cm³/mol. The number of aromatic nitrogens is 2. The number of ether oxygens (including phenoxy) is 2. The molecule has 0 atom stereocenters. The van der Waals surface area contributed by atoms with Crippen LogP contribution in [0.1, 0.15) is 44.9 Å². The highest BCUT2D eigenvalue weighted by Crippen LogP contribution is 2.34. The van der Waals surface area contributed by atoms with Crippen LogP contribution in [0.15, 0.2) is 12.1 Å². The summed E-state index contributed by atoms with van der Waals surface area (Å²) in [5.74, 6) is 2.50. The van der Waals surface area contributed by atoms with Crippen LogP contribution in [-0.2, 0) is 7.05 Å². The lowest BCUT2D eigenvalue weighted by atomic mass is 10.2. The Labute approximate surface area is 161 Å². The summed E-state index contributed by atoms with van der Waals surface area (Å²) < 4.78 is 13.8. The minimum absolute atomic E-state index is 0.545. The van der Waals surface area contributed by atoms with Crippen LogP contribution in [0.3, 0.4) is 0 Å². The quantitative estimate of drug-likeness (QED) is 0.714. The van der Waals surface area contributed by atoms with E-state index in [1.54, 1.807) is 7.11 Å². The Morgan fingerprint density at radius 2 is 1.89 bits per heavy atom. The Hall–Kier alpha value is -1.95. The molecule has 0 radical (unpaired) electrons. The van der Waals surface area contributed by atoms with Gasteiger partial charge in [-0.05, 0) is 45.2 Å². The summed E-state index contributed by atoms with van der Waals surface area (Å²) in [6.07, 6.45) is 8.80. The van der Waals surface area contributed by atoms with Gasteiger partial charge in [0.2, 0.25) is 5.95 Å². The maximum absolute atomic E-state index is 6.06. The summed E-state index contributed by atoms with van der Waals surface area (Å²) in [5.41, 5.74) is 2.02. The molecule has 1 aliphatic heterocycles. The molecule has 27 heavy (non-hydrogen) atoms. The first-order valence-electron chi connectivity index (χ1n) is 10.4. The van der Waals surface area contributed by atoms with Crippen molar-refractivity contribution < 1.29 is 9.47 Å². The summed E-state index contributed by atoms with van der Waals surface area (Å²) in [6, 6.07) is 4.60. The molecule has 1 saturated heterocycles. The average Bonchev–Trinajstić information content (AvgIpc) is 3.42. The van der Waals surface area contributed by atoms with E-state index in [9.17, 15) is 0 Å². The SMILES string of the molecule is COc1cc2c(cc1OCCCN1CCCC1)nc(NC1CCCC1)n2C. The van der Waals surface area contributed by atoms with Crippen LogP contribution in [0.4, 0.5) is 5.95 Å². The standard InChI is InChI=1S/C21H32N4O2/c1-24-18-15-19(26-2)20(27-13-7-12-25-10-5-6-11-25)14-17(18)23-21(24)22-16-8-3-4-9-16/h14-16H,3-13H2,1-2H3,(H,22,23). The third kappa shape index (κ3) is 4.15. The van der Waals surface area contributed by atoms with Crippen LogP contribution in [0.5, 0.6) is 11.5 Å². The second-order valence-electron chi connectivity index (χ2n) is 7.86. The molecule has 1 aliphatic carbocycles. The fourth-order valence-corrected chi connectivity index (χ4v) is 4.33. The molecule has 0 spiro atoms. The minimum atomic E-state index is 0.545. The van der Waals surface area contributed by atoms with E-state index < -0.39 is 0 Å². The maximum Gasteiger partial charge on any atom is 0.203 e. The van der Waals surface area contributed by atoms with E-state index in [1.165, 1.54) is 51.6 Å². The molecule has 1 aromatic carbocycles. The normalized spacial score (nSPS) is 18.4. The number of benzene rings is 1. The predicted octanol–water partition coefficient (Wildman–Crippen LogP) is 3.80. The van der Waals surface area contributed by atoms with Crippen molar-refractivity contribution in [3.8, 4) is 11.5 Å². The summed E-state index contributed by atoms with van der Waals surface area (Å²) in [6.45, 7) is 4.29. The van der Waals surface area contributed by atoms with Gasteiger partial charge in [0, 0.05) is 31.8 Å². The highest BCUT2D eigenvalue weighted by Gasteiger charge is 2.19. The Balaban J connectivity index is 1.44. The van der Waals surface area contributed by atoms with E-state index in [1.807, 2.05) is 12.1 Å². The van der Waals surface area contributed by atoms with Crippen molar-refractivity contribution in [1.29, 1.82) is 0 Å². The number of anilines is 1. The van der Waals surface area contributed by atoms with Gasteiger partial charge in [0.1, 0.15) is 0 Å². The molecule has 1 aromatic heterocycles. The largest absolute Gasteiger partial charge is 0.493 e. The van der Waals surface area contributed by atoms with Crippen LogP contribution >= 0.6 is 0 Å². The third-order valence-corrected chi connectivity index (χ3v) is 5.93. The molecular weight excluding hydrogens is 340 g/mol. The van der Waals surface area contributed by atoms with Crippen molar-refractivity contribution in [1.82, 2.24) is 14.5 Å². The summed E-state index contributed by atoms with van der Waals surface area (Å²) in [4.78, 5) is 7.33. The van der Waals surface area contributed by atoms with Crippen LogP contribution in [-0.4, -0.2) is 53.8 Å². The van der Waals surface area contributed by atoms with Crippen molar-refractivity contribution in [2.24, 2.45) is 7.05 Å². The lowest BCUT2D eigenvalue weighted by Crippen LogP contribution is -2.21. The first-order chi connectivity index (χ1) is 13.2. The Morgan fingerprint density at radius 3 is 2.63 bits per heavy atom. The molecule has 1 saturated carbocycles. The smallest absolute Gasteiger partial charge is 0.203 e. The number of hydrogen-bond donors (Lipinski definition) is 1. The molecule has 2 heterocycles. The fourth-order valence-electron chi connectivity index (χ4n) is 4.33. The molecular formula is C21H32N4O2. The minimum Gasteiger partial charge on any atom is -0.493 e. The van der Waals surface area contributed by atoms with Gasteiger partial charge in [0.25, 0.3) is 0 Å². The summed E-state index contributed by atoms with van der Waals surface area (Å²) >= 11 is 0. The second kappa shape index (κ2) is 8.38. The lowest BCUT2D eigenvalue weighted by molar-refractivity contribution is 0.254. The van der Waals surface area contributed by atoms with Crippen molar-refractivity contribution in [2.45, 2.75) is 51.0 Å². The number of likely N-dealkylation sites (tertiary alicyclic amines) is 1. The molecule has 0 amide bonds. The number of fused-ring (bicyclic) bond motifs is 1. The van der Waals surface area contributed by atoms with Gasteiger partial charge in [0.05, 0.1) is 24.8 Å². The maximum atomic E-state index is 6.06. The zero-order valence-electron chi connectivity index (χ0n) is 16.7. The molecule has 2 aromatic rings. The van der Waals surface area contributed by atoms with Crippen molar-refractivity contribution in [3.05, 3.63) is 12.1 Å². The zero-order valence-corrected chi connectivity index (χ0v) is 16.7. The number of nitrogens with zero attached hydrogens (tertiary/aromatic N) is 3. The third-order valence-electron chi connectivity index (χ3n) is 5.93. The number of aryl methyl sites for hydroxylation is 1. The highest BCUT2D eigenvalue weighted by atomic mass is 16.5. The van der Waals surface area contributed by atoms with Crippen LogP contribution in [0.25, 0.3) is 11.0 Å². The fraction of sp³-hybridized carbons (Fsp3) is 0.667. The molecule has 148 valence electrons. The Kier molecular flexibility index (Phi) is 5.72. The number of methoxy groups -OCH3 is 1. The van der Waals surface area contributed by atoms with Gasteiger partial charge in [-0.3, -0.25) is 0 Å². The van der Waals surface area contributed by atoms with Crippen LogP contribution < -0.4 is 14.8 Å². The average molecular weight is 373 g/mol. The van der Waals surface area contributed by atoms with Crippen molar-refractivity contribution in [2.75, 3.05) is 38.7 Å². The molecule has 4 rings (SSSR count). The molecule has 6 heteroatoms. The van der Waals surface area contributed by atoms with Crippen molar-refractivity contribution in [3.63, 3.8) is 0 Å². The lowest BCUT2D eigenvalue weighted by Gasteiger charge is -2.15. The van der Waals surface area contributed by atoms with E-state index in [0.717, 1.165) is 41.4 Å². The van der Waals surface area contributed by atoms with Gasteiger partial charge in [0.15, 0.2) is 11.5 Å². The molecule has 0 unspecified atom stereocenters. The number of nitrogens with one attached hydrogen (secondary N) is 1. The first-order valence-corrected chi connectivity index (χ1v) is 10.4. The van der Waals surface area contributed by atoms with Crippen LogP contribution in [0.2, 0.25) is 0 Å². The van der Waals surface area contributed by atoms with Gasteiger partial charge in [-0.25, -0.2) is 4.98 Å². The summed E-state index contributed by atoms with van der Waals surface area (Å²) in [5, 5.41) is 3.60. The molecule has 2 fully saturated rings. The molecule has 6 nitrogen and oxygen atoms in total. The van der Waals surface area contributed by atoms with E-state index in [-0.39, 0.29) is 0 Å². The van der Waals surface area contributed by atoms with Crippen molar-refractivity contribution >= 4 is 17.0 Å². The highest BCUT2D eigenvalue weighted by molar-refractivity contribution is 5.82. The van der Waals surface area contributed by atoms with Gasteiger partial charge in [-0.15, -0.1) is 0 Å². The van der Waals surface area contributed by atoms with Gasteiger partial charge >= 0.3 is 0 Å². The van der Waals surface area contributed by atoms with E-state index in [2.05, 4.69) is 21.8 Å². The van der Waals surface area contributed by atoms with E-state index in [0.29, 0.717) is 12.6 Å². The molecule has 2 aliphatic rings. The van der Waals surface area contributed by atoms with Crippen LogP contribution in [0, 0.1) is 0 Å². The van der Waals surface area contributed by atoms with Gasteiger partial charge < -0.3 is 24.3 Å². The molecule has 0 bridgehead atoms. The molecule has 1 N–H and O–H groups in total. The number of imidazole rings is 1. The topological polar surface area (TPSA) is 51.6 Å². The number of hydrogen-bond acceptors (Lipinski definition) is 5. The van der Waals surface area contributed by atoms with E-state index >= 15 is 0 Å². The zero-order chi connectivity index (χ0) is 18.6. The Morgan fingerprint density at radius 1 is 1.11 bits per heavy atom. The Bertz CT molecular complexity index is 761.